The molecule has 0 atom stereocenters. The van der Waals surface area contributed by atoms with Gasteiger partial charge in [-0.2, -0.15) is 18.3 Å². The number of rotatable bonds is 7. The molecule has 1 aromatic carbocycles. The van der Waals surface area contributed by atoms with Crippen LogP contribution in [-0.4, -0.2) is 39.3 Å². The zero-order valence-corrected chi connectivity index (χ0v) is 17.8. The van der Waals surface area contributed by atoms with Crippen molar-refractivity contribution in [2.24, 2.45) is 0 Å². The number of carbonyl (C=O) groups excluding carboxylic acids is 1. The van der Waals surface area contributed by atoms with Gasteiger partial charge in [0, 0.05) is 23.7 Å². The first-order valence-electron chi connectivity index (χ1n) is 10.5. The summed E-state index contributed by atoms with van der Waals surface area (Å²) in [5.74, 6) is -0.0839. The molecule has 0 radical (unpaired) electrons. The normalized spacial score (nSPS) is 14.3. The fourth-order valence-corrected chi connectivity index (χ4v) is 3.47. The highest BCUT2D eigenvalue weighted by atomic mass is 19.4. The number of hydrogen-bond donors (Lipinski definition) is 2. The van der Waals surface area contributed by atoms with E-state index in [0.717, 1.165) is 24.0 Å². The molecule has 168 valence electrons. The molecule has 2 aromatic heterocycles. The van der Waals surface area contributed by atoms with Gasteiger partial charge in [0.25, 0.3) is 5.91 Å². The molecule has 1 amide bonds. The lowest BCUT2D eigenvalue weighted by Gasteiger charge is -2.12. The molecule has 3 aromatic rings. The van der Waals surface area contributed by atoms with E-state index in [1.807, 2.05) is 32.1 Å². The van der Waals surface area contributed by atoms with Crippen LogP contribution in [-0.2, 0) is 0 Å². The molecular weight excluding hydrogens is 419 g/mol. The number of amides is 1. The molecule has 32 heavy (non-hydrogen) atoms. The Labute approximate surface area is 183 Å². The second-order valence-electron chi connectivity index (χ2n) is 7.93. The lowest BCUT2D eigenvalue weighted by Crippen LogP contribution is -2.26. The van der Waals surface area contributed by atoms with Gasteiger partial charge in [0.1, 0.15) is 0 Å². The van der Waals surface area contributed by atoms with Gasteiger partial charge in [-0.1, -0.05) is 12.1 Å². The van der Waals surface area contributed by atoms with Crippen molar-refractivity contribution in [2.45, 2.75) is 45.3 Å². The Morgan fingerprint density at radius 3 is 2.72 bits per heavy atom. The van der Waals surface area contributed by atoms with Crippen LogP contribution in [0, 0.1) is 6.92 Å². The van der Waals surface area contributed by atoms with Gasteiger partial charge in [-0.05, 0) is 56.5 Å². The Balaban J connectivity index is 1.68. The molecular formula is C23H24F3N5O. The van der Waals surface area contributed by atoms with Crippen molar-refractivity contribution < 1.29 is 18.0 Å². The Kier molecular flexibility index (Phi) is 5.90. The molecule has 0 aliphatic heterocycles. The molecule has 1 fully saturated rings. The van der Waals surface area contributed by atoms with Gasteiger partial charge in [-0.3, -0.25) is 4.79 Å². The number of fused-ring (bicyclic) bond motifs is 1. The number of aromatic nitrogens is 3. The summed E-state index contributed by atoms with van der Waals surface area (Å²) in [7, 11) is 0. The minimum Gasteiger partial charge on any atom is -0.382 e. The van der Waals surface area contributed by atoms with E-state index in [4.69, 9.17) is 0 Å². The largest absolute Gasteiger partial charge is 0.390 e. The van der Waals surface area contributed by atoms with Crippen molar-refractivity contribution >= 4 is 23.3 Å². The van der Waals surface area contributed by atoms with Crippen LogP contribution in [0.2, 0.25) is 0 Å². The lowest BCUT2D eigenvalue weighted by molar-refractivity contribution is -0.131. The van der Waals surface area contributed by atoms with E-state index in [1.165, 1.54) is 0 Å². The van der Waals surface area contributed by atoms with E-state index in [9.17, 15) is 18.0 Å². The van der Waals surface area contributed by atoms with Gasteiger partial charge >= 0.3 is 6.18 Å². The molecule has 6 nitrogen and oxygen atoms in total. The van der Waals surface area contributed by atoms with Crippen molar-refractivity contribution in [3.05, 3.63) is 53.4 Å². The van der Waals surface area contributed by atoms with Gasteiger partial charge in [-0.25, -0.2) is 9.50 Å². The maximum atomic E-state index is 12.6. The third kappa shape index (κ3) is 4.92. The van der Waals surface area contributed by atoms with E-state index >= 15 is 0 Å². The molecule has 2 N–H and O–H groups in total. The third-order valence-corrected chi connectivity index (χ3v) is 5.23. The van der Waals surface area contributed by atoms with Gasteiger partial charge in [0.2, 0.25) is 0 Å². The fraction of sp³-hybridized carbons (Fsp3) is 0.348. The molecule has 1 saturated carbocycles. The summed E-state index contributed by atoms with van der Waals surface area (Å²) in [6.07, 6.45) is 2.06. The molecule has 0 unspecified atom stereocenters. The van der Waals surface area contributed by atoms with Gasteiger partial charge in [0.05, 0.1) is 29.7 Å². The van der Waals surface area contributed by atoms with Crippen LogP contribution in [0.1, 0.15) is 47.8 Å². The summed E-state index contributed by atoms with van der Waals surface area (Å²) >= 11 is 0. The van der Waals surface area contributed by atoms with Gasteiger partial charge in [0.15, 0.2) is 5.65 Å². The maximum Gasteiger partial charge on any atom is 0.390 e. The highest BCUT2D eigenvalue weighted by Crippen LogP contribution is 2.28. The van der Waals surface area contributed by atoms with Crippen molar-refractivity contribution in [1.29, 1.82) is 0 Å². The van der Waals surface area contributed by atoms with E-state index < -0.39 is 12.6 Å². The van der Waals surface area contributed by atoms with E-state index in [2.05, 4.69) is 20.7 Å². The number of aryl methyl sites for hydroxylation is 1. The predicted octanol–water partition coefficient (Wildman–Crippen LogP) is 4.99. The second-order valence-corrected chi connectivity index (χ2v) is 7.93. The second kappa shape index (κ2) is 8.64. The lowest BCUT2D eigenvalue weighted by atomic mass is 10.0. The molecule has 1 aliphatic rings. The van der Waals surface area contributed by atoms with Gasteiger partial charge < -0.3 is 10.6 Å². The predicted molar refractivity (Wildman–Crippen MR) is 118 cm³/mol. The average molecular weight is 443 g/mol. The van der Waals surface area contributed by atoms with Crippen LogP contribution in [0.4, 0.5) is 18.9 Å². The van der Waals surface area contributed by atoms with Crippen LogP contribution in [0.3, 0.4) is 0 Å². The average Bonchev–Trinajstić information content (AvgIpc) is 3.42. The van der Waals surface area contributed by atoms with Crippen molar-refractivity contribution in [3.63, 3.8) is 0 Å². The first-order chi connectivity index (χ1) is 15.2. The smallest absolute Gasteiger partial charge is 0.382 e. The molecule has 0 saturated heterocycles. The number of nitrogens with one attached hydrogen (secondary N) is 2. The summed E-state index contributed by atoms with van der Waals surface area (Å²) in [5, 5.41) is 10.4. The van der Waals surface area contributed by atoms with Crippen molar-refractivity contribution in [3.8, 4) is 11.3 Å². The molecule has 4 rings (SSSR count). The zero-order chi connectivity index (χ0) is 22.9. The van der Waals surface area contributed by atoms with Gasteiger partial charge in [-0.15, -0.1) is 0 Å². The Morgan fingerprint density at radius 2 is 2.06 bits per heavy atom. The van der Waals surface area contributed by atoms with E-state index in [1.54, 1.807) is 28.9 Å². The zero-order valence-electron chi connectivity index (χ0n) is 17.8. The fourth-order valence-electron chi connectivity index (χ4n) is 3.47. The van der Waals surface area contributed by atoms with Crippen molar-refractivity contribution in [1.82, 2.24) is 19.9 Å². The monoisotopic (exact) mass is 443 g/mol. The summed E-state index contributed by atoms with van der Waals surface area (Å²) in [6, 6.07) is 7.46. The Bertz CT molecular complexity index is 1180. The topological polar surface area (TPSA) is 71.3 Å². The number of anilines is 1. The molecule has 2 heterocycles. The number of hydrogen-bond acceptors (Lipinski definition) is 4. The van der Waals surface area contributed by atoms with Crippen LogP contribution in [0.5, 0.6) is 0 Å². The Hall–Kier alpha value is -3.36. The molecule has 0 spiro atoms. The Morgan fingerprint density at radius 1 is 1.28 bits per heavy atom. The number of benzene rings is 1. The standard InChI is InChI=1S/C23H24F3N5O/c1-3-4-17-12-19(27-10-9-23(24,25)26)21-28-13-20(31(21)30-17)15-5-8-18(14(2)11-15)22(32)29-16-6-7-16/h3-5,8,11-13,16,27H,6-7,9-10H2,1-2H3,(H,29,32)/b4-3+. The number of nitrogens with zero attached hydrogens (tertiary/aromatic N) is 3. The minimum absolute atomic E-state index is 0.0839. The summed E-state index contributed by atoms with van der Waals surface area (Å²) < 4.78 is 39.4. The third-order valence-electron chi connectivity index (χ3n) is 5.23. The number of halogens is 3. The summed E-state index contributed by atoms with van der Waals surface area (Å²) in [4.78, 5) is 16.8. The number of allylic oxidation sites excluding steroid dienone is 1. The van der Waals surface area contributed by atoms with E-state index in [0.29, 0.717) is 28.3 Å². The van der Waals surface area contributed by atoms with Crippen LogP contribution in [0.15, 0.2) is 36.5 Å². The number of alkyl halides is 3. The van der Waals surface area contributed by atoms with E-state index in [-0.39, 0.29) is 18.5 Å². The summed E-state index contributed by atoms with van der Waals surface area (Å²) in [5.41, 5.74) is 4.43. The number of carbonyl (C=O) groups is 1. The molecule has 1 aliphatic carbocycles. The van der Waals surface area contributed by atoms with Crippen LogP contribution < -0.4 is 10.6 Å². The molecule has 0 bridgehead atoms. The van der Waals surface area contributed by atoms with Crippen LogP contribution >= 0.6 is 0 Å². The number of imidazole rings is 1. The highest BCUT2D eigenvalue weighted by Gasteiger charge is 2.27. The first-order valence-corrected chi connectivity index (χ1v) is 10.5. The molecule has 9 heteroatoms. The van der Waals surface area contributed by atoms with Crippen molar-refractivity contribution in [2.75, 3.05) is 11.9 Å². The quantitative estimate of drug-likeness (QED) is 0.540. The maximum absolute atomic E-state index is 12.6. The summed E-state index contributed by atoms with van der Waals surface area (Å²) in [6.45, 7) is 3.45. The highest BCUT2D eigenvalue weighted by molar-refractivity contribution is 5.96. The van der Waals surface area contributed by atoms with Crippen LogP contribution in [0.25, 0.3) is 23.0 Å². The minimum atomic E-state index is -4.24. The SMILES string of the molecule is C/C=C/c1cc(NCCC(F)(F)F)c2ncc(-c3ccc(C(=O)NC4CC4)c(C)c3)n2n1. The first kappa shape index (κ1) is 21.9.